The summed E-state index contributed by atoms with van der Waals surface area (Å²) in [5.74, 6) is 0.562. The second-order valence-corrected chi connectivity index (χ2v) is 13.3. The van der Waals surface area contributed by atoms with Crippen LogP contribution in [0.15, 0.2) is 77.4 Å². The molecule has 0 aliphatic heterocycles. The van der Waals surface area contributed by atoms with Gasteiger partial charge in [0.2, 0.25) is 0 Å². The van der Waals surface area contributed by atoms with Gasteiger partial charge in [-0.1, -0.05) is 108 Å². The Morgan fingerprint density at radius 3 is 2.36 bits per heavy atom. The summed E-state index contributed by atoms with van der Waals surface area (Å²) in [5, 5.41) is 0. The lowest BCUT2D eigenvalue weighted by Gasteiger charge is -2.40. The van der Waals surface area contributed by atoms with Crippen molar-refractivity contribution in [3.05, 3.63) is 106 Å². The Labute approximate surface area is 253 Å². The fourth-order valence-corrected chi connectivity index (χ4v) is 6.93. The van der Waals surface area contributed by atoms with Gasteiger partial charge in [0, 0.05) is 17.8 Å². The number of carbonyl (C=O) groups is 1. The Bertz CT molecular complexity index is 1310. The third kappa shape index (κ3) is 7.57. The molecular weight excluding hydrogens is 522 g/mol. The van der Waals surface area contributed by atoms with E-state index in [-0.39, 0.29) is 5.56 Å². The highest BCUT2D eigenvalue weighted by molar-refractivity contribution is 6.01. The van der Waals surface area contributed by atoms with Crippen LogP contribution in [0.3, 0.4) is 0 Å². The van der Waals surface area contributed by atoms with Gasteiger partial charge in [0.05, 0.1) is 5.56 Å². The minimum atomic E-state index is -0.681. The van der Waals surface area contributed by atoms with Crippen LogP contribution in [0, 0.1) is 35.3 Å². The van der Waals surface area contributed by atoms with Crippen LogP contribution in [0.2, 0.25) is 0 Å². The van der Waals surface area contributed by atoms with Gasteiger partial charge < -0.3 is 0 Å². The number of carbonyl (C=O) groups excluding carboxylic acids is 1. The lowest BCUT2D eigenvalue weighted by Crippen LogP contribution is -2.25. The molecule has 0 heterocycles. The van der Waals surface area contributed by atoms with Crippen molar-refractivity contribution < 1.29 is 13.6 Å². The maximum Gasteiger partial charge on any atom is 0.173 e. The smallest absolute Gasteiger partial charge is 0.173 e. The maximum absolute atomic E-state index is 14.3. The van der Waals surface area contributed by atoms with Crippen molar-refractivity contribution in [2.24, 2.45) is 23.7 Å². The highest BCUT2D eigenvalue weighted by atomic mass is 19.1. The summed E-state index contributed by atoms with van der Waals surface area (Å²) in [5.41, 5.74) is 6.46. The van der Waals surface area contributed by atoms with Crippen LogP contribution in [0.4, 0.5) is 8.78 Å². The second kappa shape index (κ2) is 14.6. The van der Waals surface area contributed by atoms with E-state index in [0.717, 1.165) is 42.5 Å². The average Bonchev–Trinajstić information content (AvgIpc) is 2.99. The number of benzene rings is 2. The number of hydrogen-bond acceptors (Lipinski definition) is 1. The molecule has 2 aliphatic rings. The normalized spacial score (nSPS) is 23.0. The third-order valence-corrected chi connectivity index (χ3v) is 9.86. The van der Waals surface area contributed by atoms with Gasteiger partial charge in [0.1, 0.15) is 11.6 Å². The molecule has 0 radical (unpaired) electrons. The van der Waals surface area contributed by atoms with Gasteiger partial charge in [-0.25, -0.2) is 8.78 Å². The molecule has 3 heteroatoms. The topological polar surface area (TPSA) is 17.1 Å². The molecule has 1 nitrogen and oxygen atoms in total. The molecule has 1 fully saturated rings. The van der Waals surface area contributed by atoms with E-state index in [1.807, 2.05) is 12.1 Å². The number of fused-ring (bicyclic) bond motifs is 1. The minimum absolute atomic E-state index is 0.190. The van der Waals surface area contributed by atoms with Gasteiger partial charge in [-0.05, 0) is 90.8 Å². The first-order valence-electron chi connectivity index (χ1n) is 16.3. The highest BCUT2D eigenvalue weighted by Gasteiger charge is 2.36. The standard InChI is InChI=1S/C39H50F2O/c1-7-29-23-36(31-18-16-30(17-19-31)28(6)39(42)37-24-32(40)20-21-38(37)41)34-15-11-10-14-33(34)35(29)22-27(5)26(4)13-9-8-12-25(2)3/h7,15-22,24-28,33,36H,8-14,23H2,1-6H3. The van der Waals surface area contributed by atoms with Crippen LogP contribution >= 0.6 is 0 Å². The summed E-state index contributed by atoms with van der Waals surface area (Å²) in [7, 11) is 0. The van der Waals surface area contributed by atoms with Crippen molar-refractivity contribution in [1.82, 2.24) is 0 Å². The number of halogens is 2. The second-order valence-electron chi connectivity index (χ2n) is 13.3. The van der Waals surface area contributed by atoms with Gasteiger partial charge in [-0.15, -0.1) is 0 Å². The zero-order valence-electron chi connectivity index (χ0n) is 26.6. The van der Waals surface area contributed by atoms with E-state index in [1.54, 1.807) is 18.1 Å². The molecule has 2 aromatic carbocycles. The zero-order chi connectivity index (χ0) is 30.4. The number of hydrogen-bond donors (Lipinski definition) is 0. The van der Waals surface area contributed by atoms with Gasteiger partial charge in [-0.3, -0.25) is 4.79 Å². The minimum Gasteiger partial charge on any atom is -0.293 e. The first kappa shape index (κ1) is 32.1. The summed E-state index contributed by atoms with van der Waals surface area (Å²) in [4.78, 5) is 13.0. The van der Waals surface area contributed by atoms with E-state index in [1.165, 1.54) is 49.7 Å². The number of allylic oxidation sites excluding steroid dienone is 6. The van der Waals surface area contributed by atoms with E-state index < -0.39 is 23.3 Å². The largest absolute Gasteiger partial charge is 0.293 e. The molecule has 0 N–H and O–H groups in total. The molecule has 42 heavy (non-hydrogen) atoms. The summed E-state index contributed by atoms with van der Waals surface area (Å²) >= 11 is 0. The monoisotopic (exact) mass is 572 g/mol. The lowest BCUT2D eigenvalue weighted by molar-refractivity contribution is 0.0961. The van der Waals surface area contributed by atoms with Gasteiger partial charge in [0.25, 0.3) is 0 Å². The maximum atomic E-state index is 14.3. The molecule has 2 aliphatic carbocycles. The van der Waals surface area contributed by atoms with Crippen LogP contribution in [0.25, 0.3) is 0 Å². The number of unbranched alkanes of at least 4 members (excludes halogenated alkanes) is 1. The predicted octanol–water partition coefficient (Wildman–Crippen LogP) is 11.5. The number of Topliss-reactive ketones (excluding diaryl/α,β-unsaturated/α-hetero) is 1. The van der Waals surface area contributed by atoms with Gasteiger partial charge >= 0.3 is 0 Å². The zero-order valence-corrected chi connectivity index (χ0v) is 26.6. The summed E-state index contributed by atoms with van der Waals surface area (Å²) in [6, 6.07) is 11.3. The van der Waals surface area contributed by atoms with E-state index >= 15 is 0 Å². The third-order valence-electron chi connectivity index (χ3n) is 9.86. The molecule has 4 rings (SSSR count). The molecule has 0 spiro atoms. The van der Waals surface area contributed by atoms with Crippen molar-refractivity contribution in [3.63, 3.8) is 0 Å². The summed E-state index contributed by atoms with van der Waals surface area (Å²) in [6.07, 6.45) is 17.2. The Hall–Kier alpha value is -2.81. The van der Waals surface area contributed by atoms with E-state index in [9.17, 15) is 13.6 Å². The average molecular weight is 573 g/mol. The van der Waals surface area contributed by atoms with Crippen LogP contribution < -0.4 is 0 Å². The van der Waals surface area contributed by atoms with Crippen molar-refractivity contribution in [2.45, 2.75) is 105 Å². The Kier molecular flexibility index (Phi) is 11.1. The van der Waals surface area contributed by atoms with E-state index in [4.69, 9.17) is 0 Å². The SMILES string of the molecule is CC=C1CC(c2ccc(C(C)C(=O)c3cc(F)ccc3F)cc2)C2=CCCCC2C1=CC(C)C(C)CCCCC(C)C. The summed E-state index contributed by atoms with van der Waals surface area (Å²) in [6.45, 7) is 13.4. The molecule has 0 bridgehead atoms. The Morgan fingerprint density at radius 2 is 1.67 bits per heavy atom. The predicted molar refractivity (Wildman–Crippen MR) is 172 cm³/mol. The molecular formula is C39H50F2O. The van der Waals surface area contributed by atoms with Crippen LogP contribution in [-0.2, 0) is 0 Å². The van der Waals surface area contributed by atoms with Crippen LogP contribution in [-0.4, -0.2) is 5.78 Å². The number of rotatable bonds is 11. The molecule has 5 atom stereocenters. The lowest BCUT2D eigenvalue weighted by atomic mass is 9.64. The molecule has 1 saturated carbocycles. The first-order valence-corrected chi connectivity index (χ1v) is 16.3. The van der Waals surface area contributed by atoms with Gasteiger partial charge in [0.15, 0.2) is 5.78 Å². The molecule has 0 aromatic heterocycles. The summed E-state index contributed by atoms with van der Waals surface area (Å²) < 4.78 is 28.0. The van der Waals surface area contributed by atoms with Crippen LogP contribution in [0.5, 0.6) is 0 Å². The molecule has 2 aromatic rings. The molecule has 226 valence electrons. The van der Waals surface area contributed by atoms with E-state index in [2.05, 4.69) is 65.0 Å². The fraction of sp³-hybridized carbons (Fsp3) is 0.513. The highest BCUT2D eigenvalue weighted by Crippen LogP contribution is 2.50. The quantitative estimate of drug-likeness (QED) is 0.149. The first-order chi connectivity index (χ1) is 20.1. The van der Waals surface area contributed by atoms with Crippen molar-refractivity contribution >= 4 is 5.78 Å². The molecule has 5 unspecified atom stereocenters. The van der Waals surface area contributed by atoms with Crippen molar-refractivity contribution in [1.29, 1.82) is 0 Å². The Balaban J connectivity index is 1.52. The Morgan fingerprint density at radius 1 is 0.952 bits per heavy atom. The fourth-order valence-electron chi connectivity index (χ4n) is 6.93. The van der Waals surface area contributed by atoms with Crippen molar-refractivity contribution in [2.75, 3.05) is 0 Å². The van der Waals surface area contributed by atoms with Crippen LogP contribution in [0.1, 0.15) is 126 Å². The van der Waals surface area contributed by atoms with Gasteiger partial charge in [-0.2, -0.15) is 0 Å². The molecule has 0 amide bonds. The number of ketones is 1. The molecule has 0 saturated heterocycles. The van der Waals surface area contributed by atoms with Crippen molar-refractivity contribution in [3.8, 4) is 0 Å². The van der Waals surface area contributed by atoms with E-state index in [0.29, 0.717) is 23.7 Å².